The second-order valence-electron chi connectivity index (χ2n) is 7.68. The Kier molecular flexibility index (Phi) is 6.79. The van der Waals surface area contributed by atoms with E-state index in [0.29, 0.717) is 21.9 Å². The summed E-state index contributed by atoms with van der Waals surface area (Å²) in [4.78, 5) is 8.18. The number of aromatic hydroxyl groups is 1. The predicted molar refractivity (Wildman–Crippen MR) is 128 cm³/mol. The molecule has 0 aliphatic heterocycles. The minimum Gasteiger partial charge on any atom is -0.506 e. The summed E-state index contributed by atoms with van der Waals surface area (Å²) < 4.78 is 46.7. The topological polar surface area (TPSA) is 72.5 Å². The molecule has 2 heterocycles. The number of alkyl halides is 3. The van der Waals surface area contributed by atoms with E-state index in [0.717, 1.165) is 16.3 Å². The molecule has 6 nitrogen and oxygen atoms in total. The molecule has 10 heteroatoms. The van der Waals surface area contributed by atoms with E-state index in [4.69, 9.17) is 16.3 Å². The summed E-state index contributed by atoms with van der Waals surface area (Å²) >= 11 is 5.94. The highest BCUT2D eigenvalue weighted by atomic mass is 35.5. The predicted octanol–water partition coefficient (Wildman–Crippen LogP) is 6.15. The van der Waals surface area contributed by atoms with Gasteiger partial charge >= 0.3 is 6.18 Å². The normalized spacial score (nSPS) is 11.8. The van der Waals surface area contributed by atoms with Crippen LogP contribution in [-0.2, 0) is 19.8 Å². The van der Waals surface area contributed by atoms with Crippen molar-refractivity contribution in [2.24, 2.45) is 12.0 Å². The molecular formula is C25H20ClF3N4O2. The SMILES string of the molecule is CN=Cc1cncc(-c2c(OCc3ccc(Cl)cc3)ccc(-c3cc(C(F)(F)F)n(C)n3)c2O)c1. The second kappa shape index (κ2) is 9.79. The Morgan fingerprint density at radius 3 is 2.51 bits per heavy atom. The van der Waals surface area contributed by atoms with Gasteiger partial charge in [-0.1, -0.05) is 23.7 Å². The van der Waals surface area contributed by atoms with Crippen molar-refractivity contribution < 1.29 is 23.0 Å². The van der Waals surface area contributed by atoms with Gasteiger partial charge in [0.25, 0.3) is 0 Å². The minimum atomic E-state index is -4.59. The van der Waals surface area contributed by atoms with E-state index in [9.17, 15) is 18.3 Å². The first-order valence-corrected chi connectivity index (χ1v) is 10.8. The molecule has 35 heavy (non-hydrogen) atoms. The van der Waals surface area contributed by atoms with Crippen LogP contribution in [0.5, 0.6) is 11.5 Å². The molecule has 0 amide bonds. The van der Waals surface area contributed by atoms with Gasteiger partial charge in [-0.3, -0.25) is 14.7 Å². The van der Waals surface area contributed by atoms with Crippen LogP contribution in [0.3, 0.4) is 0 Å². The summed E-state index contributed by atoms with van der Waals surface area (Å²) in [6.45, 7) is 0.175. The summed E-state index contributed by atoms with van der Waals surface area (Å²) in [6, 6.07) is 12.8. The number of ether oxygens (including phenoxy) is 1. The first kappa shape index (κ1) is 24.3. The number of hydrogen-bond donors (Lipinski definition) is 1. The molecule has 4 rings (SSSR count). The maximum absolute atomic E-state index is 13.3. The number of pyridine rings is 1. The van der Waals surface area contributed by atoms with Crippen LogP contribution in [0.2, 0.25) is 5.02 Å². The molecule has 2 aromatic carbocycles. The van der Waals surface area contributed by atoms with Crippen molar-refractivity contribution in [2.75, 3.05) is 7.05 Å². The largest absolute Gasteiger partial charge is 0.506 e. The number of aromatic nitrogens is 3. The highest BCUT2D eigenvalue weighted by molar-refractivity contribution is 6.30. The third-order valence-electron chi connectivity index (χ3n) is 5.22. The van der Waals surface area contributed by atoms with E-state index in [1.807, 2.05) is 12.1 Å². The Bertz CT molecular complexity index is 1380. The summed E-state index contributed by atoms with van der Waals surface area (Å²) in [5.41, 5.74) is 1.46. The molecule has 0 fully saturated rings. The Hall–Kier alpha value is -3.85. The molecule has 0 aliphatic carbocycles. The molecule has 0 saturated heterocycles. The third-order valence-corrected chi connectivity index (χ3v) is 5.47. The van der Waals surface area contributed by atoms with Gasteiger partial charge in [0, 0.05) is 54.4 Å². The fraction of sp³-hybridized carbons (Fsp3) is 0.160. The van der Waals surface area contributed by atoms with Crippen molar-refractivity contribution in [3.63, 3.8) is 0 Å². The highest BCUT2D eigenvalue weighted by Gasteiger charge is 2.35. The smallest absolute Gasteiger partial charge is 0.433 e. The standard InChI is InChI=1S/C25H20ClF3N4O2/c1-30-11-16-9-17(13-31-12-16)23-21(35-14-15-3-5-18(26)6-4-15)8-7-19(24(23)34)20-10-22(25(27,28)29)33(2)32-20/h3-13,34H,14H2,1-2H3. The quantitative estimate of drug-likeness (QED) is 0.322. The van der Waals surface area contributed by atoms with Crippen molar-refractivity contribution in [3.8, 4) is 33.9 Å². The van der Waals surface area contributed by atoms with Crippen molar-refractivity contribution in [1.29, 1.82) is 0 Å². The first-order valence-electron chi connectivity index (χ1n) is 10.4. The molecule has 0 atom stereocenters. The number of benzene rings is 2. The molecule has 4 aromatic rings. The Labute approximate surface area is 204 Å². The lowest BCUT2D eigenvalue weighted by Crippen LogP contribution is -2.11. The van der Waals surface area contributed by atoms with E-state index < -0.39 is 11.9 Å². The van der Waals surface area contributed by atoms with Crippen LogP contribution in [0.1, 0.15) is 16.8 Å². The summed E-state index contributed by atoms with van der Waals surface area (Å²) in [7, 11) is 2.82. The van der Waals surface area contributed by atoms with Gasteiger partial charge in [-0.15, -0.1) is 0 Å². The maximum atomic E-state index is 13.3. The number of hydrogen-bond acceptors (Lipinski definition) is 5. The number of phenolic OH excluding ortho intramolecular Hbond substituents is 1. The zero-order valence-electron chi connectivity index (χ0n) is 18.7. The Morgan fingerprint density at radius 2 is 1.86 bits per heavy atom. The monoisotopic (exact) mass is 500 g/mol. The van der Waals surface area contributed by atoms with Gasteiger partial charge in [-0.05, 0) is 42.0 Å². The zero-order chi connectivity index (χ0) is 25.2. The lowest BCUT2D eigenvalue weighted by Gasteiger charge is -2.16. The molecule has 0 bridgehead atoms. The van der Waals surface area contributed by atoms with Crippen molar-refractivity contribution in [1.82, 2.24) is 14.8 Å². The number of phenols is 1. The molecule has 0 spiro atoms. The van der Waals surface area contributed by atoms with E-state index in [-0.39, 0.29) is 29.2 Å². The zero-order valence-corrected chi connectivity index (χ0v) is 19.5. The average Bonchev–Trinajstić information content (AvgIpc) is 3.21. The number of aliphatic imine (C=N–C) groups is 1. The lowest BCUT2D eigenvalue weighted by atomic mass is 9.98. The van der Waals surface area contributed by atoms with Gasteiger partial charge in [0.15, 0.2) is 0 Å². The van der Waals surface area contributed by atoms with Crippen LogP contribution >= 0.6 is 11.6 Å². The average molecular weight is 501 g/mol. The summed E-state index contributed by atoms with van der Waals surface area (Å²) in [5, 5.41) is 15.8. The van der Waals surface area contributed by atoms with Gasteiger partial charge in [-0.25, -0.2) is 0 Å². The van der Waals surface area contributed by atoms with Crippen LogP contribution in [0.25, 0.3) is 22.4 Å². The fourth-order valence-corrected chi connectivity index (χ4v) is 3.72. The number of nitrogens with zero attached hydrogens (tertiary/aromatic N) is 4. The number of rotatable bonds is 6. The van der Waals surface area contributed by atoms with Gasteiger partial charge in [0.2, 0.25) is 0 Å². The third kappa shape index (κ3) is 5.30. The van der Waals surface area contributed by atoms with E-state index in [1.54, 1.807) is 43.7 Å². The van der Waals surface area contributed by atoms with Crippen molar-refractivity contribution >= 4 is 17.8 Å². The van der Waals surface area contributed by atoms with Gasteiger partial charge < -0.3 is 9.84 Å². The van der Waals surface area contributed by atoms with Gasteiger partial charge in [-0.2, -0.15) is 18.3 Å². The molecule has 2 aromatic heterocycles. The second-order valence-corrected chi connectivity index (χ2v) is 8.12. The number of aryl methyl sites for hydroxylation is 1. The van der Waals surface area contributed by atoms with Crippen LogP contribution in [0, 0.1) is 0 Å². The lowest BCUT2D eigenvalue weighted by molar-refractivity contribution is -0.143. The first-order chi connectivity index (χ1) is 16.7. The molecule has 0 saturated carbocycles. The van der Waals surface area contributed by atoms with Crippen LogP contribution < -0.4 is 4.74 Å². The molecule has 1 N–H and O–H groups in total. The van der Waals surface area contributed by atoms with Crippen LogP contribution in [0.4, 0.5) is 13.2 Å². The maximum Gasteiger partial charge on any atom is 0.433 e. The van der Waals surface area contributed by atoms with Gasteiger partial charge in [0.1, 0.15) is 23.8 Å². The molecule has 0 unspecified atom stereocenters. The highest BCUT2D eigenvalue weighted by Crippen LogP contribution is 2.45. The number of halogens is 4. The molecule has 180 valence electrons. The van der Waals surface area contributed by atoms with Crippen LogP contribution in [0.15, 0.2) is 65.9 Å². The molecule has 0 aliphatic rings. The van der Waals surface area contributed by atoms with Crippen molar-refractivity contribution in [3.05, 3.63) is 82.8 Å². The van der Waals surface area contributed by atoms with Crippen LogP contribution in [-0.4, -0.2) is 33.1 Å². The van der Waals surface area contributed by atoms with Gasteiger partial charge in [0.05, 0.1) is 11.3 Å². The van der Waals surface area contributed by atoms with E-state index >= 15 is 0 Å². The minimum absolute atomic E-state index is 0.0259. The Balaban J connectivity index is 1.82. The fourth-order valence-electron chi connectivity index (χ4n) is 3.60. The summed E-state index contributed by atoms with van der Waals surface area (Å²) in [6.07, 6.45) is 0.137. The molecule has 0 radical (unpaired) electrons. The molecular weight excluding hydrogens is 481 g/mol. The summed E-state index contributed by atoms with van der Waals surface area (Å²) in [5.74, 6) is 0.0402. The van der Waals surface area contributed by atoms with E-state index in [1.165, 1.54) is 19.3 Å². The van der Waals surface area contributed by atoms with Crippen molar-refractivity contribution in [2.45, 2.75) is 12.8 Å². The van der Waals surface area contributed by atoms with E-state index in [2.05, 4.69) is 15.1 Å². The Morgan fingerprint density at radius 1 is 1.11 bits per heavy atom.